The van der Waals surface area contributed by atoms with Crippen molar-refractivity contribution in [3.63, 3.8) is 0 Å². The standard InChI is InChI=1S/C15H28BNO5/c1-5-9(3)20-14-13(10(6-2)21-15(14)16)22-12(19)8-7-11(18)17-4/h9-10,13-15H,5-8,16H2,1-4H3,(H,17,18)/t9?,10-,13?,14+,15-/m1/s1. The van der Waals surface area contributed by atoms with Crippen LogP contribution in [0, 0.1) is 0 Å². The topological polar surface area (TPSA) is 73.9 Å². The third-order valence-electron chi connectivity index (χ3n) is 4.01. The Morgan fingerprint density at radius 1 is 1.27 bits per heavy atom. The molecule has 0 saturated carbocycles. The summed E-state index contributed by atoms with van der Waals surface area (Å²) in [6.45, 7) is 6.04. The number of hydrogen-bond donors (Lipinski definition) is 1. The minimum atomic E-state index is -0.411. The molecule has 0 bridgehead atoms. The van der Waals surface area contributed by atoms with E-state index in [2.05, 4.69) is 5.32 Å². The van der Waals surface area contributed by atoms with E-state index in [1.54, 1.807) is 7.05 Å². The number of rotatable bonds is 8. The zero-order valence-electron chi connectivity index (χ0n) is 14.3. The Morgan fingerprint density at radius 3 is 2.50 bits per heavy atom. The van der Waals surface area contributed by atoms with Crippen molar-refractivity contribution in [3.8, 4) is 0 Å². The lowest BCUT2D eigenvalue weighted by molar-refractivity contribution is -0.160. The van der Waals surface area contributed by atoms with Crippen molar-refractivity contribution in [3.05, 3.63) is 0 Å². The van der Waals surface area contributed by atoms with Crippen molar-refractivity contribution in [2.24, 2.45) is 0 Å². The minimum absolute atomic E-state index is 0.0665. The summed E-state index contributed by atoms with van der Waals surface area (Å²) in [7, 11) is 3.48. The first-order valence-corrected chi connectivity index (χ1v) is 8.13. The first-order valence-electron chi connectivity index (χ1n) is 8.13. The van der Waals surface area contributed by atoms with Gasteiger partial charge in [0.05, 0.1) is 24.6 Å². The molecule has 6 nitrogen and oxygen atoms in total. The van der Waals surface area contributed by atoms with Gasteiger partial charge < -0.3 is 19.5 Å². The van der Waals surface area contributed by atoms with E-state index in [4.69, 9.17) is 14.2 Å². The van der Waals surface area contributed by atoms with Gasteiger partial charge in [-0.25, -0.2) is 0 Å². The Labute approximate surface area is 133 Å². The van der Waals surface area contributed by atoms with Crippen LogP contribution in [0.2, 0.25) is 0 Å². The summed E-state index contributed by atoms with van der Waals surface area (Å²) < 4.78 is 17.4. The van der Waals surface area contributed by atoms with E-state index in [0.29, 0.717) is 0 Å². The zero-order chi connectivity index (χ0) is 16.7. The molecule has 0 spiro atoms. The highest BCUT2D eigenvalue weighted by molar-refractivity contribution is 6.11. The second-order valence-electron chi connectivity index (χ2n) is 5.74. The van der Waals surface area contributed by atoms with Gasteiger partial charge in [0.25, 0.3) is 0 Å². The maximum Gasteiger partial charge on any atom is 0.306 e. The molecule has 126 valence electrons. The molecule has 1 aliphatic rings. The fraction of sp³-hybridized carbons (Fsp3) is 0.867. The second-order valence-corrected chi connectivity index (χ2v) is 5.74. The first kappa shape index (κ1) is 19.0. The molecule has 1 heterocycles. The van der Waals surface area contributed by atoms with Crippen molar-refractivity contribution < 1.29 is 23.8 Å². The molecule has 0 aromatic carbocycles. The van der Waals surface area contributed by atoms with Gasteiger partial charge in [-0.3, -0.25) is 9.59 Å². The van der Waals surface area contributed by atoms with E-state index in [1.807, 2.05) is 28.6 Å². The summed E-state index contributed by atoms with van der Waals surface area (Å²) in [5.74, 6) is -0.560. The Balaban J connectivity index is 2.64. The van der Waals surface area contributed by atoms with Gasteiger partial charge in [-0.05, 0) is 19.8 Å². The van der Waals surface area contributed by atoms with Crippen LogP contribution >= 0.6 is 0 Å². The van der Waals surface area contributed by atoms with Crippen molar-refractivity contribution in [1.82, 2.24) is 5.32 Å². The number of nitrogens with one attached hydrogen (secondary N) is 1. The largest absolute Gasteiger partial charge is 0.457 e. The molecule has 0 aliphatic carbocycles. The second kappa shape index (κ2) is 9.15. The van der Waals surface area contributed by atoms with Gasteiger partial charge in [-0.1, -0.05) is 13.8 Å². The Morgan fingerprint density at radius 2 is 1.95 bits per heavy atom. The van der Waals surface area contributed by atoms with E-state index >= 15 is 0 Å². The average molecular weight is 313 g/mol. The van der Waals surface area contributed by atoms with E-state index in [0.717, 1.165) is 12.8 Å². The number of ether oxygens (including phenoxy) is 3. The smallest absolute Gasteiger partial charge is 0.306 e. The summed E-state index contributed by atoms with van der Waals surface area (Å²) in [6, 6.07) is -0.115. The minimum Gasteiger partial charge on any atom is -0.457 e. The highest BCUT2D eigenvalue weighted by Gasteiger charge is 2.45. The summed E-state index contributed by atoms with van der Waals surface area (Å²) >= 11 is 0. The quantitative estimate of drug-likeness (QED) is 0.518. The van der Waals surface area contributed by atoms with Crippen LogP contribution in [-0.2, 0) is 23.8 Å². The maximum atomic E-state index is 12.0. The van der Waals surface area contributed by atoms with Crippen molar-refractivity contribution in [2.75, 3.05) is 7.05 Å². The van der Waals surface area contributed by atoms with Gasteiger partial charge in [-0.15, -0.1) is 0 Å². The SMILES string of the molecule is B[C@@H]1O[C@H](CC)C(OC(=O)CCC(=O)NC)[C@@H]1OC(C)CC. The highest BCUT2D eigenvalue weighted by Crippen LogP contribution is 2.28. The molecule has 1 rings (SSSR count). The summed E-state index contributed by atoms with van der Waals surface area (Å²) in [6.07, 6.45) is 1.08. The third-order valence-corrected chi connectivity index (χ3v) is 4.01. The summed E-state index contributed by atoms with van der Waals surface area (Å²) in [5.41, 5.74) is 0. The Bertz CT molecular complexity index is 379. The van der Waals surface area contributed by atoms with Crippen LogP contribution in [0.5, 0.6) is 0 Å². The van der Waals surface area contributed by atoms with Gasteiger partial charge in [-0.2, -0.15) is 0 Å². The van der Waals surface area contributed by atoms with Gasteiger partial charge in [0.15, 0.2) is 6.10 Å². The Kier molecular flexibility index (Phi) is 7.89. The lowest BCUT2D eigenvalue weighted by Crippen LogP contribution is -2.41. The zero-order valence-corrected chi connectivity index (χ0v) is 14.3. The molecule has 22 heavy (non-hydrogen) atoms. The molecule has 1 fully saturated rings. The molecule has 7 heteroatoms. The molecule has 5 atom stereocenters. The number of amides is 1. The molecule has 1 saturated heterocycles. The van der Waals surface area contributed by atoms with Crippen molar-refractivity contribution >= 4 is 19.7 Å². The van der Waals surface area contributed by atoms with Crippen LogP contribution in [0.3, 0.4) is 0 Å². The molecule has 0 aromatic heterocycles. The van der Waals surface area contributed by atoms with Gasteiger partial charge in [0.1, 0.15) is 14.0 Å². The highest BCUT2D eigenvalue weighted by atomic mass is 16.6. The van der Waals surface area contributed by atoms with Crippen molar-refractivity contribution in [1.29, 1.82) is 0 Å². The lowest BCUT2D eigenvalue weighted by atomic mass is 9.92. The van der Waals surface area contributed by atoms with Crippen LogP contribution in [0.4, 0.5) is 0 Å². The van der Waals surface area contributed by atoms with Crippen LogP contribution in [0.1, 0.15) is 46.5 Å². The molecule has 1 N–H and O–H groups in total. The predicted octanol–water partition coefficient (Wildman–Crippen LogP) is 0.376. The lowest BCUT2D eigenvalue weighted by Gasteiger charge is -2.26. The molecular formula is C15H28BNO5. The van der Waals surface area contributed by atoms with Crippen LogP contribution in [0.25, 0.3) is 0 Å². The molecule has 0 radical (unpaired) electrons. The fourth-order valence-corrected chi connectivity index (χ4v) is 2.48. The molecule has 1 aliphatic heterocycles. The number of hydrogen-bond acceptors (Lipinski definition) is 5. The number of carbonyl (C=O) groups excluding carboxylic acids is 2. The average Bonchev–Trinajstić information content (AvgIpc) is 2.80. The number of esters is 1. The predicted molar refractivity (Wildman–Crippen MR) is 85.3 cm³/mol. The monoisotopic (exact) mass is 313 g/mol. The molecule has 2 unspecified atom stereocenters. The normalized spacial score (nSPS) is 29.1. The van der Waals surface area contributed by atoms with Crippen LogP contribution in [-0.4, -0.2) is 57.2 Å². The van der Waals surface area contributed by atoms with E-state index < -0.39 is 6.10 Å². The van der Waals surface area contributed by atoms with Crippen LogP contribution < -0.4 is 5.32 Å². The maximum absolute atomic E-state index is 12.0. The first-order chi connectivity index (χ1) is 10.4. The summed E-state index contributed by atoms with van der Waals surface area (Å²) in [4.78, 5) is 23.2. The third kappa shape index (κ3) is 5.28. The molecular weight excluding hydrogens is 285 g/mol. The van der Waals surface area contributed by atoms with Gasteiger partial charge >= 0.3 is 5.97 Å². The van der Waals surface area contributed by atoms with Crippen LogP contribution in [0.15, 0.2) is 0 Å². The van der Waals surface area contributed by atoms with E-state index in [1.165, 1.54) is 0 Å². The molecule has 0 aromatic rings. The molecule has 1 amide bonds. The van der Waals surface area contributed by atoms with E-state index in [-0.39, 0.29) is 49.0 Å². The van der Waals surface area contributed by atoms with Gasteiger partial charge in [0, 0.05) is 13.5 Å². The fourth-order valence-electron chi connectivity index (χ4n) is 2.48. The van der Waals surface area contributed by atoms with E-state index in [9.17, 15) is 9.59 Å². The Hall–Kier alpha value is -1.08. The number of carbonyl (C=O) groups is 2. The van der Waals surface area contributed by atoms with Crippen molar-refractivity contribution in [2.45, 2.75) is 76.9 Å². The van der Waals surface area contributed by atoms with Gasteiger partial charge in [0.2, 0.25) is 5.91 Å². The summed E-state index contributed by atoms with van der Waals surface area (Å²) in [5, 5.41) is 2.49.